The molecule has 0 amide bonds. The van der Waals surface area contributed by atoms with Crippen LogP contribution >= 0.6 is 0 Å². The van der Waals surface area contributed by atoms with Crippen molar-refractivity contribution in [2.24, 2.45) is 52.3 Å². The summed E-state index contributed by atoms with van der Waals surface area (Å²) >= 11 is 0. The summed E-state index contributed by atoms with van der Waals surface area (Å²) in [7, 11) is 0. The van der Waals surface area contributed by atoms with E-state index in [-0.39, 0.29) is 35.2 Å². The predicted octanol–water partition coefficient (Wildman–Crippen LogP) is 5.32. The van der Waals surface area contributed by atoms with Gasteiger partial charge in [0, 0.05) is 18.3 Å². The van der Waals surface area contributed by atoms with Crippen molar-refractivity contribution in [3.63, 3.8) is 0 Å². The van der Waals surface area contributed by atoms with Crippen molar-refractivity contribution >= 4 is 11.8 Å². The van der Waals surface area contributed by atoms with Crippen molar-refractivity contribution in [3.8, 4) is 0 Å². The van der Waals surface area contributed by atoms with Crippen LogP contribution in [-0.4, -0.2) is 28.1 Å². The summed E-state index contributed by atoms with van der Waals surface area (Å²) in [6, 6.07) is 0. The summed E-state index contributed by atoms with van der Waals surface area (Å²) in [6.07, 6.45) is 9.01. The number of carboxylic acids is 1. The molecule has 4 heteroatoms. The van der Waals surface area contributed by atoms with Crippen LogP contribution in [0.5, 0.6) is 0 Å². The largest absolute Gasteiger partial charge is 0.481 e. The highest BCUT2D eigenvalue weighted by Gasteiger charge is 2.65. The normalized spacial score (nSPS) is 49.1. The van der Waals surface area contributed by atoms with E-state index in [1.807, 2.05) is 0 Å². The standard InChI is InChI=1S/C26H42O4/c1-5-17-21-14-16(27)10-12-26(21,4)20-11-13-25(3)18(15(2)6-9-22(28)29)7-8-19(25)23(20)24(17)30/h15-21,23,27H,5-14H2,1-4H3,(H,28,29)/t15-,16-,17-,18?,19?,20?,21+,23+,25-,26-/m1/s1. The minimum Gasteiger partial charge on any atom is -0.481 e. The lowest BCUT2D eigenvalue weighted by molar-refractivity contribution is -0.173. The SMILES string of the molecule is CC[C@H]1C(=O)[C@H]2C3CCC([C@H](C)CCC(=O)O)[C@@]3(C)CCC2[C@@]2(C)CC[C@@H](O)C[C@@H]12. The Morgan fingerprint density at radius 2 is 1.73 bits per heavy atom. The van der Waals surface area contributed by atoms with Crippen LogP contribution in [0.3, 0.4) is 0 Å². The molecule has 4 aliphatic rings. The van der Waals surface area contributed by atoms with Gasteiger partial charge in [-0.25, -0.2) is 0 Å². The zero-order valence-electron chi connectivity index (χ0n) is 19.4. The molecule has 4 saturated carbocycles. The molecular formula is C26H42O4. The molecule has 0 spiro atoms. The predicted molar refractivity (Wildman–Crippen MR) is 117 cm³/mol. The highest BCUT2D eigenvalue weighted by molar-refractivity contribution is 5.86. The van der Waals surface area contributed by atoms with Crippen molar-refractivity contribution < 1.29 is 19.8 Å². The molecule has 170 valence electrons. The Hall–Kier alpha value is -0.900. The number of carboxylic acid groups (broad SMARTS) is 1. The number of aliphatic carboxylic acids is 1. The lowest BCUT2D eigenvalue weighted by Gasteiger charge is -2.62. The molecule has 4 nitrogen and oxygen atoms in total. The van der Waals surface area contributed by atoms with Gasteiger partial charge in [0.1, 0.15) is 5.78 Å². The fourth-order valence-electron chi connectivity index (χ4n) is 9.16. The van der Waals surface area contributed by atoms with E-state index in [4.69, 9.17) is 5.11 Å². The second kappa shape index (κ2) is 7.90. The number of carbonyl (C=O) groups is 2. The van der Waals surface area contributed by atoms with Gasteiger partial charge < -0.3 is 10.2 Å². The van der Waals surface area contributed by atoms with Gasteiger partial charge in [-0.2, -0.15) is 0 Å². The molecule has 2 N–H and O–H groups in total. The van der Waals surface area contributed by atoms with Crippen LogP contribution in [-0.2, 0) is 9.59 Å². The minimum atomic E-state index is -0.697. The molecule has 0 heterocycles. The van der Waals surface area contributed by atoms with Crippen LogP contribution in [0.15, 0.2) is 0 Å². The first-order chi connectivity index (χ1) is 14.1. The Morgan fingerprint density at radius 1 is 1.07 bits per heavy atom. The first-order valence-corrected chi connectivity index (χ1v) is 12.6. The van der Waals surface area contributed by atoms with Crippen LogP contribution in [0.25, 0.3) is 0 Å². The maximum absolute atomic E-state index is 13.9. The molecule has 30 heavy (non-hydrogen) atoms. The van der Waals surface area contributed by atoms with Gasteiger partial charge in [-0.15, -0.1) is 0 Å². The fraction of sp³-hybridized carbons (Fsp3) is 0.923. The zero-order chi connectivity index (χ0) is 21.8. The van der Waals surface area contributed by atoms with E-state index in [2.05, 4.69) is 27.7 Å². The van der Waals surface area contributed by atoms with E-state index in [0.29, 0.717) is 35.4 Å². The number of aliphatic hydroxyl groups excluding tert-OH is 1. The Labute approximate surface area is 182 Å². The van der Waals surface area contributed by atoms with Gasteiger partial charge in [0.2, 0.25) is 0 Å². The third-order valence-electron chi connectivity index (χ3n) is 10.7. The van der Waals surface area contributed by atoms with Gasteiger partial charge in [0.25, 0.3) is 0 Å². The molecule has 0 aromatic rings. The fourth-order valence-corrected chi connectivity index (χ4v) is 9.16. The van der Waals surface area contributed by atoms with Crippen molar-refractivity contribution in [2.75, 3.05) is 0 Å². The van der Waals surface area contributed by atoms with E-state index in [0.717, 1.165) is 51.4 Å². The molecule has 4 rings (SSSR count). The second-order valence-corrected chi connectivity index (χ2v) is 11.8. The van der Waals surface area contributed by atoms with Gasteiger partial charge in [-0.05, 0) is 98.2 Å². The molecule has 0 radical (unpaired) electrons. The average Bonchev–Trinajstić information content (AvgIpc) is 3.05. The molecule has 4 fully saturated rings. The number of carbonyl (C=O) groups excluding carboxylic acids is 1. The van der Waals surface area contributed by atoms with E-state index < -0.39 is 5.97 Å². The van der Waals surface area contributed by atoms with E-state index in [1.54, 1.807) is 0 Å². The molecule has 4 aliphatic carbocycles. The van der Waals surface area contributed by atoms with E-state index in [1.165, 1.54) is 6.42 Å². The zero-order valence-corrected chi connectivity index (χ0v) is 19.4. The van der Waals surface area contributed by atoms with Crippen molar-refractivity contribution in [3.05, 3.63) is 0 Å². The number of ketones is 1. The van der Waals surface area contributed by atoms with Gasteiger partial charge in [-0.3, -0.25) is 9.59 Å². The molecule has 0 bridgehead atoms. The summed E-state index contributed by atoms with van der Waals surface area (Å²) in [4.78, 5) is 25.0. The van der Waals surface area contributed by atoms with E-state index in [9.17, 15) is 14.7 Å². The number of Topliss-reactive ketones (excluding diaryl/α,β-unsaturated/α-hetero) is 1. The number of aliphatic hydroxyl groups is 1. The molecule has 0 aromatic heterocycles. The van der Waals surface area contributed by atoms with Crippen LogP contribution in [0, 0.1) is 52.3 Å². The number of hydrogen-bond acceptors (Lipinski definition) is 3. The molecule has 10 atom stereocenters. The van der Waals surface area contributed by atoms with Gasteiger partial charge in [-0.1, -0.05) is 27.7 Å². The smallest absolute Gasteiger partial charge is 0.303 e. The maximum atomic E-state index is 13.9. The third-order valence-corrected chi connectivity index (χ3v) is 10.7. The lowest BCUT2D eigenvalue weighted by atomic mass is 9.42. The van der Waals surface area contributed by atoms with E-state index >= 15 is 0 Å². The topological polar surface area (TPSA) is 74.6 Å². The van der Waals surface area contributed by atoms with Gasteiger partial charge in [0.15, 0.2) is 0 Å². The van der Waals surface area contributed by atoms with Crippen LogP contribution in [0.2, 0.25) is 0 Å². The second-order valence-electron chi connectivity index (χ2n) is 11.8. The highest BCUT2D eigenvalue weighted by Crippen LogP contribution is 2.68. The number of rotatable bonds is 5. The summed E-state index contributed by atoms with van der Waals surface area (Å²) < 4.78 is 0. The average molecular weight is 419 g/mol. The van der Waals surface area contributed by atoms with Crippen LogP contribution < -0.4 is 0 Å². The number of hydrogen-bond donors (Lipinski definition) is 2. The molecule has 0 saturated heterocycles. The van der Waals surface area contributed by atoms with Gasteiger partial charge >= 0.3 is 5.97 Å². The van der Waals surface area contributed by atoms with Crippen LogP contribution in [0.4, 0.5) is 0 Å². The molecular weight excluding hydrogens is 376 g/mol. The third kappa shape index (κ3) is 3.27. The molecule has 0 aliphatic heterocycles. The summed E-state index contributed by atoms with van der Waals surface area (Å²) in [5.74, 6) is 2.31. The lowest BCUT2D eigenvalue weighted by Crippen LogP contribution is -2.60. The first-order valence-electron chi connectivity index (χ1n) is 12.6. The van der Waals surface area contributed by atoms with Crippen molar-refractivity contribution in [1.82, 2.24) is 0 Å². The minimum absolute atomic E-state index is 0.108. The maximum Gasteiger partial charge on any atom is 0.303 e. The summed E-state index contributed by atoms with van der Waals surface area (Å²) in [6.45, 7) is 9.28. The monoisotopic (exact) mass is 418 g/mol. The Balaban J connectivity index is 1.62. The Bertz CT molecular complexity index is 689. The van der Waals surface area contributed by atoms with Crippen molar-refractivity contribution in [2.45, 2.75) is 98.0 Å². The molecule has 0 aromatic carbocycles. The van der Waals surface area contributed by atoms with Gasteiger partial charge in [0.05, 0.1) is 6.10 Å². The van der Waals surface area contributed by atoms with Crippen molar-refractivity contribution in [1.29, 1.82) is 0 Å². The molecule has 3 unspecified atom stereocenters. The summed E-state index contributed by atoms with van der Waals surface area (Å²) in [5.41, 5.74) is 0.358. The van der Waals surface area contributed by atoms with Crippen LogP contribution in [0.1, 0.15) is 91.9 Å². The Kier molecular flexibility index (Phi) is 5.87. The first kappa shape index (κ1) is 22.3. The highest BCUT2D eigenvalue weighted by atomic mass is 16.4. The quantitative estimate of drug-likeness (QED) is 0.633. The Morgan fingerprint density at radius 3 is 2.40 bits per heavy atom. The summed E-state index contributed by atoms with van der Waals surface area (Å²) in [5, 5.41) is 19.5. The number of fused-ring (bicyclic) bond motifs is 5.